The number of aliphatic imine (C=N–C) groups is 1. The van der Waals surface area contributed by atoms with E-state index in [1.165, 1.54) is 38.8 Å². The highest BCUT2D eigenvalue weighted by Crippen LogP contribution is 2.28. The molecule has 0 spiro atoms. The summed E-state index contributed by atoms with van der Waals surface area (Å²) < 4.78 is 5.73. The second-order valence-corrected chi connectivity index (χ2v) is 7.20. The summed E-state index contributed by atoms with van der Waals surface area (Å²) in [5, 5.41) is 3.39. The predicted octanol–water partition coefficient (Wildman–Crippen LogP) is 2.66. The summed E-state index contributed by atoms with van der Waals surface area (Å²) >= 11 is 0. The Hall–Kier alpha value is -0.0800. The fourth-order valence-corrected chi connectivity index (χ4v) is 2.89. The van der Waals surface area contributed by atoms with Gasteiger partial charge in [0, 0.05) is 33.3 Å². The molecule has 0 amide bonds. The molecule has 1 saturated heterocycles. The van der Waals surface area contributed by atoms with Gasteiger partial charge < -0.3 is 19.9 Å². The van der Waals surface area contributed by atoms with Crippen molar-refractivity contribution in [2.75, 3.05) is 59.5 Å². The Labute approximate surface area is 165 Å². The van der Waals surface area contributed by atoms with Crippen molar-refractivity contribution in [1.82, 2.24) is 15.1 Å². The lowest BCUT2D eigenvalue weighted by Gasteiger charge is -2.29. The minimum Gasteiger partial charge on any atom is -0.379 e. The lowest BCUT2D eigenvalue weighted by molar-refractivity contribution is 0.115. The molecule has 2 rings (SSSR count). The molecule has 1 aliphatic carbocycles. The third-order valence-electron chi connectivity index (χ3n) is 4.87. The first-order valence-electron chi connectivity index (χ1n) is 9.48. The molecule has 6 heteroatoms. The number of hydrogen-bond donors (Lipinski definition) is 1. The molecule has 142 valence electrons. The maximum absolute atomic E-state index is 5.73. The van der Waals surface area contributed by atoms with Crippen molar-refractivity contribution in [3.05, 3.63) is 0 Å². The molecule has 0 unspecified atom stereocenters. The topological polar surface area (TPSA) is 40.1 Å². The molecule has 1 N–H and O–H groups in total. The highest BCUT2D eigenvalue weighted by Gasteiger charge is 2.21. The molecule has 0 radical (unpaired) electrons. The van der Waals surface area contributed by atoms with Gasteiger partial charge in [-0.25, -0.2) is 0 Å². The second-order valence-electron chi connectivity index (χ2n) is 7.20. The molecule has 0 aromatic carbocycles. The lowest BCUT2D eigenvalue weighted by Crippen LogP contribution is -2.41. The molecule has 1 saturated carbocycles. The first kappa shape index (κ1) is 22.0. The number of ether oxygens (including phenoxy) is 1. The highest BCUT2D eigenvalue weighted by atomic mass is 127. The fourth-order valence-electron chi connectivity index (χ4n) is 2.89. The van der Waals surface area contributed by atoms with Crippen LogP contribution in [0.4, 0.5) is 0 Å². The normalized spacial score (nSPS) is 19.9. The van der Waals surface area contributed by atoms with Crippen molar-refractivity contribution in [2.45, 2.75) is 39.5 Å². The molecular weight excluding hydrogens is 415 g/mol. The van der Waals surface area contributed by atoms with Gasteiger partial charge in [0.1, 0.15) is 0 Å². The molecule has 24 heavy (non-hydrogen) atoms. The molecular formula is C18H37IN4O. The van der Waals surface area contributed by atoms with Gasteiger partial charge in [-0.05, 0) is 57.5 Å². The molecule has 2 aliphatic rings. The number of likely N-dealkylation sites (tertiary alicyclic amines) is 1. The van der Waals surface area contributed by atoms with E-state index in [0.29, 0.717) is 0 Å². The van der Waals surface area contributed by atoms with E-state index < -0.39 is 0 Å². The molecule has 0 atom stereocenters. The molecule has 0 bridgehead atoms. The van der Waals surface area contributed by atoms with Crippen molar-refractivity contribution in [1.29, 1.82) is 0 Å². The summed E-state index contributed by atoms with van der Waals surface area (Å²) in [6.07, 6.45) is 5.38. The van der Waals surface area contributed by atoms with Gasteiger partial charge >= 0.3 is 0 Å². The average molecular weight is 452 g/mol. The van der Waals surface area contributed by atoms with E-state index in [1.54, 1.807) is 0 Å². The van der Waals surface area contributed by atoms with Crippen molar-refractivity contribution >= 4 is 29.9 Å². The maximum Gasteiger partial charge on any atom is 0.193 e. The first-order valence-corrected chi connectivity index (χ1v) is 9.48. The second kappa shape index (κ2) is 12.3. The molecule has 5 nitrogen and oxygen atoms in total. The number of likely N-dealkylation sites (N-methyl/N-ethyl adjacent to an activating group) is 1. The minimum absolute atomic E-state index is 0. The van der Waals surface area contributed by atoms with Gasteiger partial charge in [0.25, 0.3) is 0 Å². The van der Waals surface area contributed by atoms with Crippen molar-refractivity contribution < 1.29 is 4.74 Å². The Kier molecular flexibility index (Phi) is 11.3. The molecule has 1 aliphatic heterocycles. The van der Waals surface area contributed by atoms with E-state index in [-0.39, 0.29) is 24.0 Å². The lowest BCUT2D eigenvalue weighted by atomic mass is 9.99. The third kappa shape index (κ3) is 8.85. The number of guanidine groups is 1. The van der Waals surface area contributed by atoms with Crippen molar-refractivity contribution in [3.63, 3.8) is 0 Å². The van der Waals surface area contributed by atoms with E-state index >= 15 is 0 Å². The average Bonchev–Trinajstić information content (AvgIpc) is 3.36. The molecule has 0 aromatic heterocycles. The zero-order valence-electron chi connectivity index (χ0n) is 15.8. The predicted molar refractivity (Wildman–Crippen MR) is 112 cm³/mol. The minimum atomic E-state index is 0. The maximum atomic E-state index is 5.73. The van der Waals surface area contributed by atoms with Crippen molar-refractivity contribution in [2.24, 2.45) is 16.8 Å². The monoisotopic (exact) mass is 452 g/mol. The largest absolute Gasteiger partial charge is 0.379 e. The van der Waals surface area contributed by atoms with Crippen LogP contribution < -0.4 is 5.32 Å². The zero-order chi connectivity index (χ0) is 16.5. The van der Waals surface area contributed by atoms with Crippen LogP contribution in [0.3, 0.4) is 0 Å². The van der Waals surface area contributed by atoms with E-state index in [1.807, 2.05) is 0 Å². The molecule has 2 fully saturated rings. The highest BCUT2D eigenvalue weighted by molar-refractivity contribution is 14.0. The Morgan fingerprint density at radius 2 is 1.96 bits per heavy atom. The number of rotatable bonds is 9. The van der Waals surface area contributed by atoms with Crippen LogP contribution >= 0.6 is 24.0 Å². The summed E-state index contributed by atoms with van der Waals surface area (Å²) in [7, 11) is 2.10. The van der Waals surface area contributed by atoms with Gasteiger partial charge in [0.2, 0.25) is 0 Å². The Bertz CT molecular complexity index is 355. The van der Waals surface area contributed by atoms with Crippen LogP contribution in [0.1, 0.15) is 39.5 Å². The number of nitrogens with one attached hydrogen (secondary N) is 1. The SMILES string of the molecule is CCNC(=NCCN1CCC(C)CC1)N(C)CCOCC1CC1.I. The van der Waals surface area contributed by atoms with Gasteiger partial charge in [-0.15, -0.1) is 24.0 Å². The summed E-state index contributed by atoms with van der Waals surface area (Å²) in [5.74, 6) is 2.75. The fraction of sp³-hybridized carbons (Fsp3) is 0.944. The number of nitrogens with zero attached hydrogens (tertiary/aromatic N) is 3. The number of halogens is 1. The zero-order valence-corrected chi connectivity index (χ0v) is 18.1. The standard InChI is InChI=1S/C18H36N4O.HI/c1-4-19-18(21(3)13-14-23-15-17-5-6-17)20-9-12-22-10-7-16(2)8-11-22;/h16-17H,4-15H2,1-3H3,(H,19,20);1H. The first-order chi connectivity index (χ1) is 11.2. The summed E-state index contributed by atoms with van der Waals surface area (Å²) in [5.41, 5.74) is 0. The van der Waals surface area contributed by atoms with E-state index in [4.69, 9.17) is 9.73 Å². The smallest absolute Gasteiger partial charge is 0.193 e. The van der Waals surface area contributed by atoms with Crippen LogP contribution in [0.15, 0.2) is 4.99 Å². The summed E-state index contributed by atoms with van der Waals surface area (Å²) in [6, 6.07) is 0. The summed E-state index contributed by atoms with van der Waals surface area (Å²) in [6.45, 7) is 12.5. The third-order valence-corrected chi connectivity index (χ3v) is 4.87. The number of piperidine rings is 1. The van der Waals surface area contributed by atoms with Gasteiger partial charge in [-0.1, -0.05) is 6.92 Å². The van der Waals surface area contributed by atoms with Crippen LogP contribution in [0.25, 0.3) is 0 Å². The van der Waals surface area contributed by atoms with Gasteiger partial charge in [-0.3, -0.25) is 4.99 Å². The molecule has 1 heterocycles. The van der Waals surface area contributed by atoms with Crippen LogP contribution in [0, 0.1) is 11.8 Å². The van der Waals surface area contributed by atoms with Crippen LogP contribution in [0.5, 0.6) is 0 Å². The van der Waals surface area contributed by atoms with E-state index in [2.05, 4.69) is 36.0 Å². The molecule has 0 aromatic rings. The quantitative estimate of drug-likeness (QED) is 0.253. The van der Waals surface area contributed by atoms with Gasteiger partial charge in [0.15, 0.2) is 5.96 Å². The van der Waals surface area contributed by atoms with Gasteiger partial charge in [0.05, 0.1) is 13.2 Å². The Balaban J connectivity index is 0.00000288. The Morgan fingerprint density at radius 1 is 1.25 bits per heavy atom. The van der Waals surface area contributed by atoms with Crippen LogP contribution in [-0.4, -0.2) is 75.3 Å². The summed E-state index contributed by atoms with van der Waals surface area (Å²) in [4.78, 5) is 9.52. The van der Waals surface area contributed by atoms with Crippen LogP contribution in [0.2, 0.25) is 0 Å². The van der Waals surface area contributed by atoms with E-state index in [0.717, 1.165) is 57.2 Å². The van der Waals surface area contributed by atoms with E-state index in [9.17, 15) is 0 Å². The number of hydrogen-bond acceptors (Lipinski definition) is 3. The van der Waals surface area contributed by atoms with Gasteiger partial charge in [-0.2, -0.15) is 0 Å². The van der Waals surface area contributed by atoms with Crippen molar-refractivity contribution in [3.8, 4) is 0 Å². The Morgan fingerprint density at radius 3 is 2.58 bits per heavy atom. The van der Waals surface area contributed by atoms with Crippen LogP contribution in [-0.2, 0) is 4.74 Å².